The number of nitrogens with two attached hydrogens (primary N) is 1. The Balaban J connectivity index is 2.90. The van der Waals surface area contributed by atoms with E-state index in [2.05, 4.69) is 25.7 Å². The van der Waals surface area contributed by atoms with E-state index in [1.165, 1.54) is 0 Å². The number of ether oxygens (including phenoxy) is 2. The van der Waals surface area contributed by atoms with Gasteiger partial charge in [0.15, 0.2) is 6.29 Å². The summed E-state index contributed by atoms with van der Waals surface area (Å²) >= 11 is 2.02. The number of methoxy groups -OCH3 is 2. The smallest absolute Gasteiger partial charge is 0.176 e. The van der Waals surface area contributed by atoms with Gasteiger partial charge in [-0.05, 0) is 13.8 Å². The maximum absolute atomic E-state index is 5.99. The van der Waals surface area contributed by atoms with Crippen molar-refractivity contribution in [1.29, 1.82) is 0 Å². The van der Waals surface area contributed by atoms with Gasteiger partial charge < -0.3 is 15.2 Å². The van der Waals surface area contributed by atoms with E-state index in [1.807, 2.05) is 11.8 Å². The molecule has 102 valence electrons. The highest BCUT2D eigenvalue weighted by Crippen LogP contribution is 2.32. The molecule has 4 nitrogen and oxygen atoms in total. The van der Waals surface area contributed by atoms with Crippen LogP contribution in [0.25, 0.3) is 0 Å². The van der Waals surface area contributed by atoms with Gasteiger partial charge in [-0.1, -0.05) is 6.92 Å². The Hall–Kier alpha value is 0.190. The van der Waals surface area contributed by atoms with Crippen molar-refractivity contribution in [2.24, 2.45) is 5.73 Å². The molecule has 0 aromatic rings. The molecule has 0 saturated carbocycles. The van der Waals surface area contributed by atoms with Gasteiger partial charge in [-0.25, -0.2) is 0 Å². The Morgan fingerprint density at radius 2 is 2.00 bits per heavy atom. The SMILES string of the molecule is COC(OC)C(C)(CN)N1CCSC(C)C1C. The minimum atomic E-state index is -0.287. The summed E-state index contributed by atoms with van der Waals surface area (Å²) in [6.07, 6.45) is -0.287. The minimum absolute atomic E-state index is 0.266. The average molecular weight is 262 g/mol. The van der Waals surface area contributed by atoms with E-state index < -0.39 is 0 Å². The zero-order valence-electron chi connectivity index (χ0n) is 11.6. The molecule has 1 saturated heterocycles. The summed E-state index contributed by atoms with van der Waals surface area (Å²) in [6, 6.07) is 0.482. The number of thioether (sulfide) groups is 1. The highest BCUT2D eigenvalue weighted by molar-refractivity contribution is 8.00. The predicted octanol–water partition coefficient (Wildman–Crippen LogP) is 1.15. The molecule has 0 radical (unpaired) electrons. The van der Waals surface area contributed by atoms with Crippen LogP contribution in [0.5, 0.6) is 0 Å². The molecule has 0 aromatic heterocycles. The molecule has 0 aromatic carbocycles. The largest absolute Gasteiger partial charge is 0.354 e. The van der Waals surface area contributed by atoms with E-state index in [-0.39, 0.29) is 11.8 Å². The monoisotopic (exact) mass is 262 g/mol. The third-order valence-electron chi connectivity index (χ3n) is 3.89. The zero-order valence-corrected chi connectivity index (χ0v) is 12.4. The van der Waals surface area contributed by atoms with Crippen molar-refractivity contribution < 1.29 is 9.47 Å². The minimum Gasteiger partial charge on any atom is -0.354 e. The Morgan fingerprint density at radius 1 is 1.41 bits per heavy atom. The molecule has 5 heteroatoms. The second-order valence-corrected chi connectivity index (χ2v) is 6.36. The number of rotatable bonds is 5. The molecule has 3 atom stereocenters. The van der Waals surface area contributed by atoms with Gasteiger partial charge in [-0.2, -0.15) is 11.8 Å². The summed E-state index contributed by atoms with van der Waals surface area (Å²) in [5.41, 5.74) is 5.72. The van der Waals surface area contributed by atoms with Gasteiger partial charge in [0.2, 0.25) is 0 Å². The van der Waals surface area contributed by atoms with Crippen LogP contribution in [0.2, 0.25) is 0 Å². The third kappa shape index (κ3) is 2.96. The standard InChI is InChI=1S/C12H26N2O2S/c1-9-10(2)17-7-6-14(9)12(3,8-13)11(15-4)16-5/h9-11H,6-8,13H2,1-5H3. The van der Waals surface area contributed by atoms with E-state index >= 15 is 0 Å². The van der Waals surface area contributed by atoms with Gasteiger partial charge in [0.05, 0.1) is 5.54 Å². The molecular formula is C12H26N2O2S. The molecular weight excluding hydrogens is 236 g/mol. The van der Waals surface area contributed by atoms with Gasteiger partial charge in [-0.3, -0.25) is 4.90 Å². The normalized spacial score (nSPS) is 30.5. The predicted molar refractivity (Wildman–Crippen MR) is 73.4 cm³/mol. The summed E-state index contributed by atoms with van der Waals surface area (Å²) < 4.78 is 10.9. The third-order valence-corrected chi connectivity index (χ3v) is 5.23. The second kappa shape index (κ2) is 6.38. The van der Waals surface area contributed by atoms with E-state index in [9.17, 15) is 0 Å². The van der Waals surface area contributed by atoms with Crippen LogP contribution in [-0.2, 0) is 9.47 Å². The highest BCUT2D eigenvalue weighted by Gasteiger charge is 2.44. The lowest BCUT2D eigenvalue weighted by Gasteiger charge is -2.50. The number of nitrogens with zero attached hydrogens (tertiary/aromatic N) is 1. The lowest BCUT2D eigenvalue weighted by atomic mass is 9.95. The van der Waals surface area contributed by atoms with Crippen LogP contribution < -0.4 is 5.73 Å². The van der Waals surface area contributed by atoms with Crippen molar-refractivity contribution >= 4 is 11.8 Å². The first kappa shape index (κ1) is 15.2. The highest BCUT2D eigenvalue weighted by atomic mass is 32.2. The molecule has 2 N–H and O–H groups in total. The van der Waals surface area contributed by atoms with E-state index in [1.54, 1.807) is 14.2 Å². The van der Waals surface area contributed by atoms with E-state index in [0.29, 0.717) is 17.8 Å². The fourth-order valence-electron chi connectivity index (χ4n) is 2.61. The lowest BCUT2D eigenvalue weighted by molar-refractivity contribution is -0.186. The molecule has 3 unspecified atom stereocenters. The topological polar surface area (TPSA) is 47.7 Å². The van der Waals surface area contributed by atoms with Crippen molar-refractivity contribution in [2.45, 2.75) is 43.9 Å². The summed E-state index contributed by atoms with van der Waals surface area (Å²) in [5.74, 6) is 1.14. The first-order chi connectivity index (χ1) is 8.01. The molecule has 17 heavy (non-hydrogen) atoms. The maximum atomic E-state index is 5.99. The second-order valence-electron chi connectivity index (χ2n) is 4.87. The van der Waals surface area contributed by atoms with Crippen molar-refractivity contribution in [3.8, 4) is 0 Å². The average Bonchev–Trinajstić information content (AvgIpc) is 2.33. The first-order valence-corrected chi connectivity index (χ1v) is 7.20. The molecule has 1 aliphatic rings. The molecule has 0 spiro atoms. The Labute approximate surface area is 109 Å². The van der Waals surface area contributed by atoms with Crippen LogP contribution in [-0.4, -0.2) is 61.1 Å². The van der Waals surface area contributed by atoms with Crippen LogP contribution in [0.3, 0.4) is 0 Å². The lowest BCUT2D eigenvalue weighted by Crippen LogP contribution is -2.65. The van der Waals surface area contributed by atoms with Crippen molar-refractivity contribution in [3.63, 3.8) is 0 Å². The number of hydrogen-bond donors (Lipinski definition) is 1. The fraction of sp³-hybridized carbons (Fsp3) is 1.00. The Morgan fingerprint density at radius 3 is 2.47 bits per heavy atom. The van der Waals surface area contributed by atoms with Gasteiger partial charge >= 0.3 is 0 Å². The fourth-order valence-corrected chi connectivity index (χ4v) is 3.71. The molecule has 1 rings (SSSR count). The zero-order chi connectivity index (χ0) is 13.1. The van der Waals surface area contributed by atoms with Crippen molar-refractivity contribution in [1.82, 2.24) is 4.90 Å². The van der Waals surface area contributed by atoms with Crippen molar-refractivity contribution in [2.75, 3.05) is 33.1 Å². The van der Waals surface area contributed by atoms with Gasteiger partial charge in [0, 0.05) is 44.4 Å². The van der Waals surface area contributed by atoms with E-state index in [4.69, 9.17) is 15.2 Å². The Bertz CT molecular complexity index is 239. The summed E-state index contributed by atoms with van der Waals surface area (Å²) in [6.45, 7) is 8.22. The summed E-state index contributed by atoms with van der Waals surface area (Å²) in [7, 11) is 3.35. The Kier molecular flexibility index (Phi) is 5.73. The summed E-state index contributed by atoms with van der Waals surface area (Å²) in [4.78, 5) is 2.44. The molecule has 1 fully saturated rings. The number of hydrogen-bond acceptors (Lipinski definition) is 5. The molecule has 0 aliphatic carbocycles. The van der Waals surface area contributed by atoms with Crippen LogP contribution >= 0.6 is 11.8 Å². The van der Waals surface area contributed by atoms with E-state index in [0.717, 1.165) is 12.3 Å². The van der Waals surface area contributed by atoms with Crippen LogP contribution in [0.1, 0.15) is 20.8 Å². The first-order valence-electron chi connectivity index (χ1n) is 6.15. The van der Waals surface area contributed by atoms with Gasteiger partial charge in [0.25, 0.3) is 0 Å². The maximum Gasteiger partial charge on any atom is 0.176 e. The van der Waals surface area contributed by atoms with Gasteiger partial charge in [0.1, 0.15) is 0 Å². The van der Waals surface area contributed by atoms with Gasteiger partial charge in [-0.15, -0.1) is 0 Å². The summed E-state index contributed by atoms with van der Waals surface area (Å²) in [5, 5.41) is 0.615. The molecule has 0 amide bonds. The van der Waals surface area contributed by atoms with Crippen LogP contribution in [0, 0.1) is 0 Å². The van der Waals surface area contributed by atoms with Crippen LogP contribution in [0.4, 0.5) is 0 Å². The molecule has 1 aliphatic heterocycles. The quantitative estimate of drug-likeness (QED) is 0.753. The van der Waals surface area contributed by atoms with Crippen molar-refractivity contribution in [3.05, 3.63) is 0 Å². The molecule has 0 bridgehead atoms. The van der Waals surface area contributed by atoms with Crippen LogP contribution in [0.15, 0.2) is 0 Å². The molecule has 1 heterocycles.